The van der Waals surface area contributed by atoms with Crippen molar-refractivity contribution < 1.29 is 17.2 Å². The van der Waals surface area contributed by atoms with Crippen LogP contribution in [0.25, 0.3) is 11.1 Å². The molecule has 0 atom stereocenters. The minimum absolute atomic E-state index is 0.00155. The van der Waals surface area contributed by atoms with Crippen molar-refractivity contribution in [2.75, 3.05) is 26.2 Å². The zero-order chi connectivity index (χ0) is 19.9. The van der Waals surface area contributed by atoms with Crippen molar-refractivity contribution in [1.82, 2.24) is 14.2 Å². The Hall–Kier alpha value is -2.00. The van der Waals surface area contributed by atoms with Gasteiger partial charge >= 0.3 is 0 Å². The molecule has 6 nitrogen and oxygen atoms in total. The third-order valence-electron chi connectivity index (χ3n) is 4.81. The molecule has 0 radical (unpaired) electrons. The van der Waals surface area contributed by atoms with E-state index in [1.54, 1.807) is 0 Å². The molecular weight excluding hydrogens is 405 g/mol. The van der Waals surface area contributed by atoms with E-state index in [2.05, 4.69) is 9.88 Å². The van der Waals surface area contributed by atoms with Crippen LogP contribution in [0.1, 0.15) is 11.5 Å². The van der Waals surface area contributed by atoms with Gasteiger partial charge in [-0.15, -0.1) is 0 Å². The molecule has 0 N–H and O–H groups in total. The lowest BCUT2D eigenvalue weighted by Crippen LogP contribution is -2.48. The minimum Gasteiger partial charge on any atom is -0.439 e. The molecule has 28 heavy (non-hydrogen) atoms. The molecule has 1 aliphatic rings. The highest BCUT2D eigenvalue weighted by Crippen LogP contribution is 2.24. The Morgan fingerprint density at radius 1 is 1.14 bits per heavy atom. The van der Waals surface area contributed by atoms with Gasteiger partial charge in [0.2, 0.25) is 15.9 Å². The van der Waals surface area contributed by atoms with Gasteiger partial charge in [0, 0.05) is 26.2 Å². The monoisotopic (exact) mass is 423 g/mol. The quantitative estimate of drug-likeness (QED) is 0.643. The van der Waals surface area contributed by atoms with E-state index in [1.807, 2.05) is 25.1 Å². The maximum absolute atomic E-state index is 13.3. The Morgan fingerprint density at radius 3 is 2.61 bits per heavy atom. The molecule has 3 aromatic rings. The molecule has 148 valence electrons. The molecule has 0 amide bonds. The van der Waals surface area contributed by atoms with E-state index in [0.29, 0.717) is 38.6 Å². The van der Waals surface area contributed by atoms with Crippen molar-refractivity contribution in [3.05, 3.63) is 58.7 Å². The van der Waals surface area contributed by atoms with Gasteiger partial charge in [-0.05, 0) is 42.8 Å². The molecule has 1 aliphatic heterocycles. The zero-order valence-corrected chi connectivity index (χ0v) is 16.8. The molecular formula is C19H19ClFN3O3S. The standard InChI is InChI=1S/C19H19ClFN3O3S/c1-13-2-5-17-18(10-13)27-19(22-17)12-23-6-8-24(9-7-23)28(25,26)14-3-4-16(21)15(20)11-14/h2-5,10-11H,6-9,12H2,1H3. The van der Waals surface area contributed by atoms with Crippen LogP contribution < -0.4 is 0 Å². The van der Waals surface area contributed by atoms with Crippen LogP contribution in [0.5, 0.6) is 0 Å². The van der Waals surface area contributed by atoms with Gasteiger partial charge in [0.25, 0.3) is 0 Å². The van der Waals surface area contributed by atoms with Crippen molar-refractivity contribution in [3.63, 3.8) is 0 Å². The number of nitrogens with zero attached hydrogens (tertiary/aromatic N) is 3. The Labute approximate surface area is 167 Å². The second-order valence-electron chi connectivity index (χ2n) is 6.83. The van der Waals surface area contributed by atoms with Crippen molar-refractivity contribution in [3.8, 4) is 0 Å². The summed E-state index contributed by atoms with van der Waals surface area (Å²) in [6, 6.07) is 9.32. The van der Waals surface area contributed by atoms with Gasteiger partial charge in [-0.1, -0.05) is 17.7 Å². The predicted molar refractivity (Wildman–Crippen MR) is 104 cm³/mol. The van der Waals surface area contributed by atoms with Crippen LogP contribution >= 0.6 is 11.6 Å². The first-order valence-corrected chi connectivity index (χ1v) is 10.7. The highest BCUT2D eigenvalue weighted by molar-refractivity contribution is 7.89. The van der Waals surface area contributed by atoms with Gasteiger partial charge in [0.15, 0.2) is 5.58 Å². The number of aryl methyl sites for hydroxylation is 1. The van der Waals surface area contributed by atoms with Crippen LogP contribution in [-0.2, 0) is 16.6 Å². The molecule has 2 aromatic carbocycles. The van der Waals surface area contributed by atoms with Crippen LogP contribution in [-0.4, -0.2) is 48.8 Å². The van der Waals surface area contributed by atoms with Crippen molar-refractivity contribution in [1.29, 1.82) is 0 Å². The SMILES string of the molecule is Cc1ccc2nc(CN3CCN(S(=O)(=O)c4ccc(F)c(Cl)c4)CC3)oc2c1. The van der Waals surface area contributed by atoms with Gasteiger partial charge in [0.1, 0.15) is 11.3 Å². The van der Waals surface area contributed by atoms with E-state index in [9.17, 15) is 12.8 Å². The number of aromatic nitrogens is 1. The number of hydrogen-bond donors (Lipinski definition) is 0. The molecule has 1 fully saturated rings. The van der Waals surface area contributed by atoms with E-state index in [-0.39, 0.29) is 9.92 Å². The number of halogens is 2. The summed E-state index contributed by atoms with van der Waals surface area (Å²) < 4.78 is 46.0. The van der Waals surface area contributed by atoms with Gasteiger partial charge < -0.3 is 4.42 Å². The Morgan fingerprint density at radius 2 is 1.89 bits per heavy atom. The molecule has 2 heterocycles. The van der Waals surface area contributed by atoms with Gasteiger partial charge in [-0.2, -0.15) is 4.31 Å². The average molecular weight is 424 g/mol. The normalized spacial score (nSPS) is 16.7. The van der Waals surface area contributed by atoms with E-state index in [1.165, 1.54) is 10.4 Å². The lowest BCUT2D eigenvalue weighted by Gasteiger charge is -2.33. The molecule has 0 aliphatic carbocycles. The van der Waals surface area contributed by atoms with Crippen LogP contribution in [0.4, 0.5) is 4.39 Å². The summed E-state index contributed by atoms with van der Waals surface area (Å²) in [4.78, 5) is 6.59. The number of piperazine rings is 1. The molecule has 0 saturated carbocycles. The molecule has 4 rings (SSSR count). The third-order valence-corrected chi connectivity index (χ3v) is 6.99. The first-order valence-electron chi connectivity index (χ1n) is 8.86. The first-order chi connectivity index (χ1) is 13.3. The number of hydrogen-bond acceptors (Lipinski definition) is 5. The third kappa shape index (κ3) is 3.77. The van der Waals surface area contributed by atoms with E-state index < -0.39 is 15.8 Å². The maximum Gasteiger partial charge on any atom is 0.243 e. The van der Waals surface area contributed by atoms with Gasteiger partial charge in [-0.25, -0.2) is 17.8 Å². The second kappa shape index (κ2) is 7.44. The summed E-state index contributed by atoms with van der Waals surface area (Å²) >= 11 is 5.73. The molecule has 0 bridgehead atoms. The second-order valence-corrected chi connectivity index (χ2v) is 9.18. The Kier molecular flexibility index (Phi) is 5.13. The zero-order valence-electron chi connectivity index (χ0n) is 15.2. The lowest BCUT2D eigenvalue weighted by atomic mass is 10.2. The number of sulfonamides is 1. The Balaban J connectivity index is 1.42. The first kappa shape index (κ1) is 19.3. The minimum atomic E-state index is -3.71. The fraction of sp³-hybridized carbons (Fsp3) is 0.316. The van der Waals surface area contributed by atoms with Crippen LogP contribution in [0.15, 0.2) is 45.7 Å². The highest BCUT2D eigenvalue weighted by Gasteiger charge is 2.29. The Bertz CT molecular complexity index is 1120. The number of rotatable bonds is 4. The van der Waals surface area contributed by atoms with Gasteiger partial charge in [0.05, 0.1) is 16.5 Å². The molecule has 1 saturated heterocycles. The fourth-order valence-electron chi connectivity index (χ4n) is 3.25. The topological polar surface area (TPSA) is 66.7 Å². The lowest BCUT2D eigenvalue weighted by molar-refractivity contribution is 0.169. The largest absolute Gasteiger partial charge is 0.439 e. The summed E-state index contributed by atoms with van der Waals surface area (Å²) in [7, 11) is -3.71. The summed E-state index contributed by atoms with van der Waals surface area (Å²) in [6.07, 6.45) is 0. The molecule has 1 aromatic heterocycles. The van der Waals surface area contributed by atoms with Crippen LogP contribution in [0.3, 0.4) is 0 Å². The number of fused-ring (bicyclic) bond motifs is 1. The summed E-state index contributed by atoms with van der Waals surface area (Å²) in [5, 5.41) is -0.203. The molecule has 9 heteroatoms. The average Bonchev–Trinajstić information content (AvgIpc) is 3.05. The summed E-state index contributed by atoms with van der Waals surface area (Å²) in [6.45, 7) is 4.27. The van der Waals surface area contributed by atoms with Crippen LogP contribution in [0.2, 0.25) is 5.02 Å². The summed E-state index contributed by atoms with van der Waals surface area (Å²) in [5.41, 5.74) is 2.68. The number of oxazole rings is 1. The van der Waals surface area contributed by atoms with E-state index in [0.717, 1.165) is 28.8 Å². The highest BCUT2D eigenvalue weighted by atomic mass is 35.5. The van der Waals surface area contributed by atoms with E-state index >= 15 is 0 Å². The van der Waals surface area contributed by atoms with Gasteiger partial charge in [-0.3, -0.25) is 4.90 Å². The van der Waals surface area contributed by atoms with Crippen molar-refractivity contribution in [2.24, 2.45) is 0 Å². The van der Waals surface area contributed by atoms with Crippen LogP contribution in [0, 0.1) is 12.7 Å². The smallest absolute Gasteiger partial charge is 0.243 e. The molecule has 0 unspecified atom stereocenters. The predicted octanol–water partition coefficient (Wildman–Crippen LogP) is 3.44. The maximum atomic E-state index is 13.3. The van der Waals surface area contributed by atoms with E-state index in [4.69, 9.17) is 16.0 Å². The van der Waals surface area contributed by atoms with Crippen molar-refractivity contribution in [2.45, 2.75) is 18.4 Å². The summed E-state index contributed by atoms with van der Waals surface area (Å²) in [5.74, 6) is -0.0267. The fourth-order valence-corrected chi connectivity index (χ4v) is 4.95. The number of benzene rings is 2. The molecule has 0 spiro atoms. The van der Waals surface area contributed by atoms with Crippen molar-refractivity contribution >= 4 is 32.7 Å².